The van der Waals surface area contributed by atoms with Crippen LogP contribution in [0, 0.1) is 0 Å². The summed E-state index contributed by atoms with van der Waals surface area (Å²) in [4.78, 5) is 24.5. The predicted molar refractivity (Wildman–Crippen MR) is 102 cm³/mol. The van der Waals surface area contributed by atoms with Crippen LogP contribution in [0.25, 0.3) is 10.8 Å². The fraction of sp³-hybridized carbons (Fsp3) is 0.143. The normalized spacial score (nSPS) is 10.5. The Morgan fingerprint density at radius 1 is 0.846 bits per heavy atom. The Morgan fingerprint density at radius 3 is 2.35 bits per heavy atom. The second kappa shape index (κ2) is 8.27. The van der Waals surface area contributed by atoms with Gasteiger partial charge in [-0.25, -0.2) is 0 Å². The standard InChI is InChI=1S/C21H20N2O3/c24-14-4-13-22-20(25)16-9-11-17(12-10-16)23-21(26)19-8-3-6-15-5-1-2-7-18(15)19/h1-3,5-12,24H,4,13-14H2,(H,22,25)(H,23,26). The molecule has 0 saturated carbocycles. The number of rotatable bonds is 6. The Balaban J connectivity index is 1.70. The van der Waals surface area contributed by atoms with Gasteiger partial charge in [0.05, 0.1) is 0 Å². The largest absolute Gasteiger partial charge is 0.396 e. The maximum absolute atomic E-state index is 12.6. The van der Waals surface area contributed by atoms with Crippen LogP contribution in [0.4, 0.5) is 5.69 Å². The number of fused-ring (bicyclic) bond motifs is 1. The quantitative estimate of drug-likeness (QED) is 0.599. The molecule has 0 heterocycles. The van der Waals surface area contributed by atoms with Crippen LogP contribution < -0.4 is 10.6 Å². The van der Waals surface area contributed by atoms with E-state index in [1.165, 1.54) is 0 Å². The fourth-order valence-electron chi connectivity index (χ4n) is 2.71. The number of carbonyl (C=O) groups excluding carboxylic acids is 2. The van der Waals surface area contributed by atoms with Gasteiger partial charge < -0.3 is 15.7 Å². The van der Waals surface area contributed by atoms with E-state index in [-0.39, 0.29) is 18.4 Å². The fourth-order valence-corrected chi connectivity index (χ4v) is 2.71. The molecule has 26 heavy (non-hydrogen) atoms. The molecule has 5 heteroatoms. The third-order valence-corrected chi connectivity index (χ3v) is 4.06. The van der Waals surface area contributed by atoms with Gasteiger partial charge in [-0.3, -0.25) is 9.59 Å². The molecule has 0 aliphatic carbocycles. The molecule has 0 radical (unpaired) electrons. The second-order valence-electron chi connectivity index (χ2n) is 5.89. The number of benzene rings is 3. The average Bonchev–Trinajstić information content (AvgIpc) is 2.68. The minimum atomic E-state index is -0.203. The van der Waals surface area contributed by atoms with Gasteiger partial charge in [0.2, 0.25) is 0 Å². The molecule has 0 saturated heterocycles. The van der Waals surface area contributed by atoms with Gasteiger partial charge in [0, 0.05) is 30.0 Å². The molecule has 0 aliphatic heterocycles. The lowest BCUT2D eigenvalue weighted by atomic mass is 10.0. The highest BCUT2D eigenvalue weighted by Crippen LogP contribution is 2.20. The molecule has 0 fully saturated rings. The number of aliphatic hydroxyl groups is 1. The van der Waals surface area contributed by atoms with Gasteiger partial charge in [-0.05, 0) is 47.5 Å². The van der Waals surface area contributed by atoms with Crippen molar-refractivity contribution in [2.45, 2.75) is 6.42 Å². The van der Waals surface area contributed by atoms with E-state index in [1.807, 2.05) is 36.4 Å². The van der Waals surface area contributed by atoms with Gasteiger partial charge in [0.25, 0.3) is 11.8 Å². The summed E-state index contributed by atoms with van der Waals surface area (Å²) in [6.45, 7) is 0.467. The molecule has 0 unspecified atom stereocenters. The average molecular weight is 348 g/mol. The first kappa shape index (κ1) is 17.6. The third kappa shape index (κ3) is 4.07. The summed E-state index contributed by atoms with van der Waals surface area (Å²) < 4.78 is 0. The van der Waals surface area contributed by atoms with E-state index in [0.29, 0.717) is 29.8 Å². The van der Waals surface area contributed by atoms with E-state index in [0.717, 1.165) is 10.8 Å². The number of amides is 2. The van der Waals surface area contributed by atoms with Crippen LogP contribution in [-0.4, -0.2) is 30.1 Å². The molecule has 0 atom stereocenters. The Kier molecular flexibility index (Phi) is 5.61. The molecule has 5 nitrogen and oxygen atoms in total. The zero-order chi connectivity index (χ0) is 18.4. The molecule has 2 amide bonds. The van der Waals surface area contributed by atoms with Crippen molar-refractivity contribution < 1.29 is 14.7 Å². The highest BCUT2D eigenvalue weighted by Gasteiger charge is 2.10. The van der Waals surface area contributed by atoms with Crippen LogP contribution >= 0.6 is 0 Å². The van der Waals surface area contributed by atoms with Crippen molar-refractivity contribution in [1.29, 1.82) is 0 Å². The molecular weight excluding hydrogens is 328 g/mol. The first-order valence-electron chi connectivity index (χ1n) is 8.47. The summed E-state index contributed by atoms with van der Waals surface area (Å²) in [5.41, 5.74) is 1.73. The molecule has 3 aromatic rings. The van der Waals surface area contributed by atoms with Crippen molar-refractivity contribution in [3.63, 3.8) is 0 Å². The Bertz CT molecular complexity index is 915. The number of hydrogen-bond donors (Lipinski definition) is 3. The van der Waals surface area contributed by atoms with Crippen molar-refractivity contribution >= 4 is 28.3 Å². The van der Waals surface area contributed by atoms with E-state index in [9.17, 15) is 9.59 Å². The lowest BCUT2D eigenvalue weighted by molar-refractivity contribution is 0.0950. The Morgan fingerprint density at radius 2 is 1.58 bits per heavy atom. The smallest absolute Gasteiger partial charge is 0.256 e. The monoisotopic (exact) mass is 348 g/mol. The Labute approximate surface area is 151 Å². The van der Waals surface area contributed by atoms with Crippen LogP contribution in [0.1, 0.15) is 27.1 Å². The molecule has 0 aliphatic rings. The maximum atomic E-state index is 12.6. The summed E-state index contributed by atoms with van der Waals surface area (Å²) >= 11 is 0. The second-order valence-corrected chi connectivity index (χ2v) is 5.89. The van der Waals surface area contributed by atoms with Gasteiger partial charge in [-0.15, -0.1) is 0 Å². The van der Waals surface area contributed by atoms with Crippen LogP contribution in [0.15, 0.2) is 66.7 Å². The van der Waals surface area contributed by atoms with Crippen molar-refractivity contribution in [3.05, 3.63) is 77.9 Å². The SMILES string of the molecule is O=C(NCCCO)c1ccc(NC(=O)c2cccc3ccccc23)cc1. The molecule has 3 N–H and O–H groups in total. The van der Waals surface area contributed by atoms with Crippen molar-refractivity contribution in [2.24, 2.45) is 0 Å². The molecule has 3 aromatic carbocycles. The van der Waals surface area contributed by atoms with E-state index >= 15 is 0 Å². The summed E-state index contributed by atoms with van der Waals surface area (Å²) in [6, 6.07) is 20.1. The Hall–Kier alpha value is -3.18. The number of aliphatic hydroxyl groups excluding tert-OH is 1. The molecule has 0 aromatic heterocycles. The van der Waals surface area contributed by atoms with E-state index in [2.05, 4.69) is 10.6 Å². The summed E-state index contributed by atoms with van der Waals surface area (Å²) in [6.07, 6.45) is 0.519. The highest BCUT2D eigenvalue weighted by molar-refractivity contribution is 6.13. The van der Waals surface area contributed by atoms with E-state index in [1.54, 1.807) is 30.3 Å². The number of carbonyl (C=O) groups is 2. The highest BCUT2D eigenvalue weighted by atomic mass is 16.3. The summed E-state index contributed by atoms with van der Waals surface area (Å²) in [7, 11) is 0. The van der Waals surface area contributed by atoms with Crippen LogP contribution in [0.5, 0.6) is 0 Å². The minimum absolute atomic E-state index is 0.0411. The van der Waals surface area contributed by atoms with Crippen LogP contribution in [0.3, 0.4) is 0 Å². The number of anilines is 1. The van der Waals surface area contributed by atoms with Crippen molar-refractivity contribution in [1.82, 2.24) is 5.32 Å². The van der Waals surface area contributed by atoms with Crippen LogP contribution in [-0.2, 0) is 0 Å². The van der Waals surface area contributed by atoms with Crippen molar-refractivity contribution in [2.75, 3.05) is 18.5 Å². The van der Waals surface area contributed by atoms with E-state index < -0.39 is 0 Å². The van der Waals surface area contributed by atoms with Gasteiger partial charge in [-0.2, -0.15) is 0 Å². The lowest BCUT2D eigenvalue weighted by Crippen LogP contribution is -2.25. The molecular formula is C21H20N2O3. The summed E-state index contributed by atoms with van der Waals surface area (Å²) in [5, 5.41) is 16.2. The molecule has 0 bridgehead atoms. The number of hydrogen-bond acceptors (Lipinski definition) is 3. The molecule has 132 valence electrons. The van der Waals surface area contributed by atoms with Gasteiger partial charge >= 0.3 is 0 Å². The topological polar surface area (TPSA) is 78.4 Å². The third-order valence-electron chi connectivity index (χ3n) is 4.06. The minimum Gasteiger partial charge on any atom is -0.396 e. The zero-order valence-electron chi connectivity index (χ0n) is 14.2. The number of nitrogens with one attached hydrogen (secondary N) is 2. The first-order valence-corrected chi connectivity index (χ1v) is 8.47. The maximum Gasteiger partial charge on any atom is 0.256 e. The first-order chi connectivity index (χ1) is 12.7. The van der Waals surface area contributed by atoms with Gasteiger partial charge in [0.1, 0.15) is 0 Å². The van der Waals surface area contributed by atoms with Crippen molar-refractivity contribution in [3.8, 4) is 0 Å². The predicted octanol–water partition coefficient (Wildman–Crippen LogP) is 3.20. The van der Waals surface area contributed by atoms with Gasteiger partial charge in [-0.1, -0.05) is 36.4 Å². The molecule has 3 rings (SSSR count). The van der Waals surface area contributed by atoms with E-state index in [4.69, 9.17) is 5.11 Å². The zero-order valence-corrected chi connectivity index (χ0v) is 14.2. The summed E-state index contributed by atoms with van der Waals surface area (Å²) in [5.74, 6) is -0.396. The van der Waals surface area contributed by atoms with Crippen LogP contribution in [0.2, 0.25) is 0 Å². The van der Waals surface area contributed by atoms with Gasteiger partial charge in [0.15, 0.2) is 0 Å². The lowest BCUT2D eigenvalue weighted by Gasteiger charge is -2.09. The molecule has 0 spiro atoms.